The number of carbonyl (C=O) groups is 3. The molecule has 5 rings (SSSR count). The molecular weight excluding hydrogens is 416 g/mol. The average molecular weight is 444 g/mol. The number of aliphatic carboxylic acids is 1. The number of amides is 2. The zero-order valence-electron chi connectivity index (χ0n) is 17.8. The number of aliphatic hydroxyl groups is 1. The summed E-state index contributed by atoms with van der Waals surface area (Å²) in [6.45, 7) is 0.733. The maximum atomic E-state index is 12.6. The molecule has 1 unspecified atom stereocenters. The molecule has 6 atom stereocenters. The number of nitrogens with two attached hydrogens (primary N) is 2. The third-order valence-corrected chi connectivity index (χ3v) is 8.08. The van der Waals surface area contributed by atoms with Gasteiger partial charge in [-0.25, -0.2) is 0 Å². The first-order valence-electron chi connectivity index (χ1n) is 10.9. The Labute approximate surface area is 184 Å². The highest BCUT2D eigenvalue weighted by Gasteiger charge is 2.72. The second kappa shape index (κ2) is 6.90. The van der Waals surface area contributed by atoms with Crippen molar-refractivity contribution in [1.82, 2.24) is 10.2 Å². The molecular formula is C22H28N4O6. The smallest absolute Gasteiger partial charge is 0.321 e. The molecule has 2 amide bonds. The Bertz CT molecular complexity index is 1030. The number of piperidine rings is 1. The lowest BCUT2D eigenvalue weighted by Crippen LogP contribution is -2.77. The number of rotatable bonds is 5. The van der Waals surface area contributed by atoms with Crippen LogP contribution in [0.3, 0.4) is 0 Å². The first-order valence-corrected chi connectivity index (χ1v) is 10.9. The standard InChI is InChI=1S/C22H28N4O6/c1-26-7-6-21-16-10-2-3-11(19(24)28)17(16)32-18(21)13(4-5-22(21,31)14(26)8-10)25-15(27)9-12(23)20(29)30/h2-3,12-14,18,31H,4-9,23H2,1H3,(H2,24,28)(H,25,27)(H,29,30)/t12-,13+,14+,18?,21-,22+/m0/s1. The zero-order chi connectivity index (χ0) is 23.0. The van der Waals surface area contributed by atoms with E-state index in [1.165, 1.54) is 0 Å². The van der Waals surface area contributed by atoms with Crippen LogP contribution in [0.25, 0.3) is 0 Å². The highest BCUT2D eigenvalue weighted by molar-refractivity contribution is 5.97. The Hall–Kier alpha value is -2.69. The van der Waals surface area contributed by atoms with E-state index < -0.39 is 47.0 Å². The molecule has 10 nitrogen and oxygen atoms in total. The van der Waals surface area contributed by atoms with Crippen molar-refractivity contribution in [1.29, 1.82) is 0 Å². The number of hydrogen-bond acceptors (Lipinski definition) is 7. The van der Waals surface area contributed by atoms with Crippen molar-refractivity contribution in [3.8, 4) is 5.75 Å². The summed E-state index contributed by atoms with van der Waals surface area (Å²) in [5.74, 6) is -1.93. The highest BCUT2D eigenvalue weighted by Crippen LogP contribution is 2.64. The van der Waals surface area contributed by atoms with Crippen molar-refractivity contribution < 1.29 is 29.3 Å². The number of likely N-dealkylation sites (N-methyl/N-ethyl adjacent to an activating group) is 1. The SMILES string of the molecule is CN1CC[C@]23c4c5ccc(C(N)=O)c4OC2[C@H](NC(=O)C[C@H](N)C(=O)O)CC[C@@]3(O)[C@H]1C5. The van der Waals surface area contributed by atoms with Gasteiger partial charge in [0.2, 0.25) is 5.91 Å². The number of nitrogens with zero attached hydrogens (tertiary/aromatic N) is 1. The predicted molar refractivity (Wildman–Crippen MR) is 112 cm³/mol. The Balaban J connectivity index is 1.58. The lowest BCUT2D eigenvalue weighted by molar-refractivity contribution is -0.187. The molecule has 32 heavy (non-hydrogen) atoms. The van der Waals surface area contributed by atoms with Gasteiger partial charge in [-0.1, -0.05) is 6.07 Å². The summed E-state index contributed by atoms with van der Waals surface area (Å²) in [5.41, 5.74) is 11.4. The van der Waals surface area contributed by atoms with Gasteiger partial charge in [-0.2, -0.15) is 0 Å². The molecule has 2 fully saturated rings. The van der Waals surface area contributed by atoms with Gasteiger partial charge in [-0.3, -0.25) is 14.4 Å². The van der Waals surface area contributed by atoms with Crippen LogP contribution in [0.1, 0.15) is 47.2 Å². The Morgan fingerprint density at radius 3 is 2.78 bits per heavy atom. The lowest BCUT2D eigenvalue weighted by atomic mass is 9.48. The second-order valence-corrected chi connectivity index (χ2v) is 9.59. The molecule has 2 heterocycles. The van der Waals surface area contributed by atoms with Crippen LogP contribution in [-0.4, -0.2) is 76.3 Å². The number of ether oxygens (including phenoxy) is 1. The van der Waals surface area contributed by atoms with Crippen molar-refractivity contribution >= 4 is 17.8 Å². The third-order valence-electron chi connectivity index (χ3n) is 8.08. The lowest BCUT2D eigenvalue weighted by Gasteiger charge is -2.63. The van der Waals surface area contributed by atoms with Crippen molar-refractivity contribution in [3.63, 3.8) is 0 Å². The van der Waals surface area contributed by atoms with E-state index in [2.05, 4.69) is 10.2 Å². The minimum atomic E-state index is -1.30. The van der Waals surface area contributed by atoms with E-state index in [1.807, 2.05) is 13.1 Å². The van der Waals surface area contributed by atoms with Gasteiger partial charge in [-0.15, -0.1) is 0 Å². The van der Waals surface area contributed by atoms with Gasteiger partial charge in [0, 0.05) is 11.6 Å². The summed E-state index contributed by atoms with van der Waals surface area (Å²) in [5, 5.41) is 24.1. The number of likely N-dealkylation sites (tertiary alicyclic amines) is 1. The largest absolute Gasteiger partial charge is 0.486 e. The van der Waals surface area contributed by atoms with Gasteiger partial charge in [0.1, 0.15) is 17.9 Å². The molecule has 1 aromatic carbocycles. The summed E-state index contributed by atoms with van der Waals surface area (Å²) in [4.78, 5) is 38.0. The van der Waals surface area contributed by atoms with Crippen molar-refractivity contribution in [2.75, 3.05) is 13.6 Å². The summed E-state index contributed by atoms with van der Waals surface area (Å²) >= 11 is 0. The molecule has 1 saturated carbocycles. The maximum absolute atomic E-state index is 12.6. The molecule has 2 bridgehead atoms. The monoisotopic (exact) mass is 444 g/mol. The van der Waals surface area contributed by atoms with E-state index in [0.29, 0.717) is 31.4 Å². The van der Waals surface area contributed by atoms with E-state index >= 15 is 0 Å². The molecule has 0 aromatic heterocycles. The van der Waals surface area contributed by atoms with Crippen LogP contribution < -0.4 is 21.5 Å². The van der Waals surface area contributed by atoms with Crippen LogP contribution in [0.4, 0.5) is 0 Å². The van der Waals surface area contributed by atoms with E-state index in [9.17, 15) is 19.5 Å². The minimum absolute atomic E-state index is 0.114. The van der Waals surface area contributed by atoms with E-state index in [-0.39, 0.29) is 18.0 Å². The topological polar surface area (TPSA) is 168 Å². The summed E-state index contributed by atoms with van der Waals surface area (Å²) < 4.78 is 6.40. The number of carboxylic acid groups (broad SMARTS) is 1. The molecule has 0 radical (unpaired) electrons. The zero-order valence-corrected chi connectivity index (χ0v) is 17.8. The number of nitrogens with one attached hydrogen (secondary N) is 1. The van der Waals surface area contributed by atoms with Crippen LogP contribution in [0.2, 0.25) is 0 Å². The predicted octanol–water partition coefficient (Wildman–Crippen LogP) is -1.14. The summed E-state index contributed by atoms with van der Waals surface area (Å²) in [7, 11) is 2.01. The number of benzene rings is 1. The second-order valence-electron chi connectivity index (χ2n) is 9.59. The molecule has 1 spiro atoms. The van der Waals surface area contributed by atoms with Gasteiger partial charge in [0.05, 0.1) is 29.0 Å². The number of hydrogen-bond donors (Lipinski definition) is 5. The van der Waals surface area contributed by atoms with E-state index in [0.717, 1.165) is 17.7 Å². The first-order chi connectivity index (χ1) is 15.1. The quantitative estimate of drug-likeness (QED) is 0.379. The number of carbonyl (C=O) groups excluding carboxylic acids is 2. The molecule has 1 aromatic rings. The number of primary amides is 1. The molecule has 7 N–H and O–H groups in total. The molecule has 10 heteroatoms. The first kappa shape index (κ1) is 21.2. The van der Waals surface area contributed by atoms with E-state index in [1.54, 1.807) is 6.07 Å². The van der Waals surface area contributed by atoms with Crippen LogP contribution in [0.5, 0.6) is 5.75 Å². The van der Waals surface area contributed by atoms with Crippen molar-refractivity contribution in [2.45, 2.75) is 67.3 Å². The fourth-order valence-electron chi connectivity index (χ4n) is 6.66. The summed E-state index contributed by atoms with van der Waals surface area (Å²) in [6.07, 6.45) is 1.18. The van der Waals surface area contributed by atoms with Gasteiger partial charge < -0.3 is 36.6 Å². The molecule has 4 aliphatic rings. The maximum Gasteiger partial charge on any atom is 0.321 e. The molecule has 172 valence electrons. The number of carboxylic acids is 1. The minimum Gasteiger partial charge on any atom is -0.486 e. The van der Waals surface area contributed by atoms with Gasteiger partial charge in [-0.05, 0) is 50.9 Å². The Morgan fingerprint density at radius 1 is 1.34 bits per heavy atom. The molecule has 2 aliphatic carbocycles. The van der Waals surface area contributed by atoms with E-state index in [4.69, 9.17) is 21.3 Å². The molecule has 1 saturated heterocycles. The normalized spacial score (nSPS) is 35.4. The summed E-state index contributed by atoms with van der Waals surface area (Å²) in [6, 6.07) is 1.69. The van der Waals surface area contributed by atoms with Crippen molar-refractivity contribution in [2.24, 2.45) is 11.5 Å². The fourth-order valence-corrected chi connectivity index (χ4v) is 6.66. The van der Waals surface area contributed by atoms with Gasteiger partial charge in [0.15, 0.2) is 0 Å². The Kier molecular flexibility index (Phi) is 4.57. The van der Waals surface area contributed by atoms with Crippen LogP contribution >= 0.6 is 0 Å². The van der Waals surface area contributed by atoms with Crippen LogP contribution in [0, 0.1) is 0 Å². The average Bonchev–Trinajstić information content (AvgIpc) is 3.07. The van der Waals surface area contributed by atoms with Crippen LogP contribution in [-0.2, 0) is 21.4 Å². The van der Waals surface area contributed by atoms with Gasteiger partial charge in [0.25, 0.3) is 5.91 Å². The highest BCUT2D eigenvalue weighted by atomic mass is 16.5. The third kappa shape index (κ3) is 2.60. The molecule has 2 aliphatic heterocycles. The fraction of sp³-hybridized carbons (Fsp3) is 0.591. The van der Waals surface area contributed by atoms with Gasteiger partial charge >= 0.3 is 5.97 Å². The Morgan fingerprint density at radius 2 is 2.09 bits per heavy atom. The van der Waals surface area contributed by atoms with Crippen molar-refractivity contribution in [3.05, 3.63) is 28.8 Å². The van der Waals surface area contributed by atoms with Crippen LogP contribution in [0.15, 0.2) is 12.1 Å².